The summed E-state index contributed by atoms with van der Waals surface area (Å²) in [4.78, 5) is 2.33. The van der Waals surface area contributed by atoms with Crippen molar-refractivity contribution in [2.75, 3.05) is 34.9 Å². The maximum absolute atomic E-state index is 10.0. The lowest BCUT2D eigenvalue weighted by atomic mass is 9.69. The smallest absolute Gasteiger partial charge is 0.203 e. The zero-order valence-electron chi connectivity index (χ0n) is 14.2. The van der Waals surface area contributed by atoms with Gasteiger partial charge in [-0.3, -0.25) is 0 Å². The number of likely N-dealkylation sites (N-methyl/N-ethyl adjacent to an activating group) is 1. The average molecular weight is 319 g/mol. The summed E-state index contributed by atoms with van der Waals surface area (Å²) in [5, 5.41) is 10.0. The van der Waals surface area contributed by atoms with E-state index in [1.54, 1.807) is 21.3 Å². The fourth-order valence-electron chi connectivity index (χ4n) is 4.03. The van der Waals surface area contributed by atoms with E-state index >= 15 is 0 Å². The Morgan fingerprint density at radius 2 is 1.78 bits per heavy atom. The Labute approximate surface area is 137 Å². The lowest BCUT2D eigenvalue weighted by molar-refractivity contribution is 0.137. The van der Waals surface area contributed by atoms with E-state index in [1.165, 1.54) is 0 Å². The fraction of sp³-hybridized carbons (Fsp3) is 0.556. The van der Waals surface area contributed by atoms with Crippen LogP contribution in [-0.2, 0) is 5.41 Å². The molecule has 0 radical (unpaired) electrons. The molecule has 5 heteroatoms. The van der Waals surface area contributed by atoms with Gasteiger partial charge in [0.2, 0.25) is 5.75 Å². The first-order valence-electron chi connectivity index (χ1n) is 7.94. The molecule has 3 rings (SSSR count). The first-order chi connectivity index (χ1) is 11.1. The summed E-state index contributed by atoms with van der Waals surface area (Å²) in [6.07, 6.45) is 5.45. The third kappa shape index (κ3) is 2.48. The minimum atomic E-state index is -0.379. The van der Waals surface area contributed by atoms with E-state index in [2.05, 4.69) is 18.0 Å². The molecule has 0 unspecified atom stereocenters. The molecule has 0 bridgehead atoms. The normalized spacial score (nSPS) is 30.1. The number of ether oxygens (including phenoxy) is 3. The van der Waals surface area contributed by atoms with E-state index in [1.807, 2.05) is 18.2 Å². The van der Waals surface area contributed by atoms with Gasteiger partial charge in [-0.15, -0.1) is 0 Å². The first-order valence-corrected chi connectivity index (χ1v) is 7.94. The lowest BCUT2D eigenvalue weighted by Crippen LogP contribution is -2.44. The number of likely N-dealkylation sites (tertiary alicyclic amines) is 1. The summed E-state index contributed by atoms with van der Waals surface area (Å²) in [7, 11) is 7.01. The highest BCUT2D eigenvalue weighted by Gasteiger charge is 2.48. The summed E-state index contributed by atoms with van der Waals surface area (Å²) >= 11 is 0. The van der Waals surface area contributed by atoms with Gasteiger partial charge in [-0.05, 0) is 44.1 Å². The number of fused-ring (bicyclic) bond motifs is 1. The number of hydrogen-bond donors (Lipinski definition) is 1. The monoisotopic (exact) mass is 319 g/mol. The second-order valence-electron chi connectivity index (χ2n) is 6.36. The van der Waals surface area contributed by atoms with Crippen LogP contribution in [0, 0.1) is 0 Å². The van der Waals surface area contributed by atoms with Crippen molar-refractivity contribution in [1.82, 2.24) is 4.90 Å². The average Bonchev–Trinajstić information content (AvgIpc) is 2.91. The predicted octanol–water partition coefficient (Wildman–Crippen LogP) is 1.98. The number of rotatable bonds is 4. The first kappa shape index (κ1) is 16.1. The third-order valence-corrected chi connectivity index (χ3v) is 5.29. The minimum absolute atomic E-state index is 0.124. The Bertz CT molecular complexity index is 590. The Kier molecular flexibility index (Phi) is 4.25. The highest BCUT2D eigenvalue weighted by Crippen LogP contribution is 2.49. The molecule has 0 spiro atoms. The maximum atomic E-state index is 10.0. The molecule has 0 saturated carbocycles. The van der Waals surface area contributed by atoms with Gasteiger partial charge in [-0.1, -0.05) is 12.2 Å². The molecule has 1 aliphatic heterocycles. The van der Waals surface area contributed by atoms with Crippen LogP contribution in [0.5, 0.6) is 17.2 Å². The second-order valence-corrected chi connectivity index (χ2v) is 6.36. The SMILES string of the molecule is COc1cc([C@@]23C=C[C@H](O)C[C@@H]2N(C)CC3)cc(OC)c1OC. The Morgan fingerprint density at radius 3 is 2.35 bits per heavy atom. The van der Waals surface area contributed by atoms with Gasteiger partial charge < -0.3 is 24.2 Å². The lowest BCUT2D eigenvalue weighted by Gasteiger charge is -2.39. The van der Waals surface area contributed by atoms with E-state index in [0.717, 1.165) is 24.9 Å². The summed E-state index contributed by atoms with van der Waals surface area (Å²) in [5.41, 5.74) is 1.02. The van der Waals surface area contributed by atoms with Gasteiger partial charge in [-0.2, -0.15) is 0 Å². The molecule has 1 saturated heterocycles. The zero-order valence-corrected chi connectivity index (χ0v) is 14.2. The summed E-state index contributed by atoms with van der Waals surface area (Å²) in [5.74, 6) is 1.95. The minimum Gasteiger partial charge on any atom is -0.493 e. The van der Waals surface area contributed by atoms with Crippen LogP contribution < -0.4 is 14.2 Å². The van der Waals surface area contributed by atoms with Crippen molar-refractivity contribution in [2.24, 2.45) is 0 Å². The Hall–Kier alpha value is -1.72. The van der Waals surface area contributed by atoms with Crippen molar-refractivity contribution in [3.8, 4) is 17.2 Å². The molecule has 1 heterocycles. The standard InChI is InChI=1S/C18H25NO4/c1-19-8-7-18(6-5-13(20)11-16(18)19)12-9-14(21-2)17(23-4)15(10-12)22-3/h5-6,9-10,13,16,20H,7-8,11H2,1-4H3/t13-,16-,18-/m0/s1. The molecule has 23 heavy (non-hydrogen) atoms. The van der Waals surface area contributed by atoms with E-state index < -0.39 is 0 Å². The molecule has 1 aromatic carbocycles. The molecule has 1 aliphatic carbocycles. The molecule has 126 valence electrons. The van der Waals surface area contributed by atoms with E-state index in [-0.39, 0.29) is 17.6 Å². The molecule has 1 aromatic rings. The highest BCUT2D eigenvalue weighted by molar-refractivity contribution is 5.57. The van der Waals surface area contributed by atoms with Crippen LogP contribution in [0.1, 0.15) is 18.4 Å². The number of aliphatic hydroxyl groups excluding tert-OH is 1. The maximum Gasteiger partial charge on any atom is 0.203 e. The quantitative estimate of drug-likeness (QED) is 0.860. The number of benzene rings is 1. The summed E-state index contributed by atoms with van der Waals surface area (Å²) in [6.45, 7) is 0.998. The number of methoxy groups -OCH3 is 3. The zero-order chi connectivity index (χ0) is 16.6. The van der Waals surface area contributed by atoms with Gasteiger partial charge >= 0.3 is 0 Å². The van der Waals surface area contributed by atoms with Crippen molar-refractivity contribution < 1.29 is 19.3 Å². The molecule has 5 nitrogen and oxygen atoms in total. The fourth-order valence-corrected chi connectivity index (χ4v) is 4.03. The van der Waals surface area contributed by atoms with Crippen molar-refractivity contribution in [1.29, 1.82) is 0 Å². The van der Waals surface area contributed by atoms with Crippen molar-refractivity contribution in [3.63, 3.8) is 0 Å². The van der Waals surface area contributed by atoms with Crippen LogP contribution in [-0.4, -0.2) is 57.1 Å². The van der Waals surface area contributed by atoms with Gasteiger partial charge in [0.05, 0.1) is 27.4 Å². The van der Waals surface area contributed by atoms with Crippen molar-refractivity contribution in [2.45, 2.75) is 30.4 Å². The van der Waals surface area contributed by atoms with Gasteiger partial charge in [0.25, 0.3) is 0 Å². The predicted molar refractivity (Wildman–Crippen MR) is 88.6 cm³/mol. The third-order valence-electron chi connectivity index (χ3n) is 5.29. The Balaban J connectivity index is 2.15. The number of hydrogen-bond acceptors (Lipinski definition) is 5. The van der Waals surface area contributed by atoms with Crippen LogP contribution in [0.25, 0.3) is 0 Å². The molecule has 0 amide bonds. The van der Waals surface area contributed by atoms with E-state index in [4.69, 9.17) is 14.2 Å². The summed E-state index contributed by atoms with van der Waals surface area (Å²) < 4.78 is 16.5. The number of aliphatic hydroxyl groups is 1. The van der Waals surface area contributed by atoms with Crippen molar-refractivity contribution in [3.05, 3.63) is 29.8 Å². The van der Waals surface area contributed by atoms with Crippen LogP contribution >= 0.6 is 0 Å². The number of nitrogens with zero attached hydrogens (tertiary/aromatic N) is 1. The van der Waals surface area contributed by atoms with Crippen LogP contribution in [0.2, 0.25) is 0 Å². The summed E-state index contributed by atoms with van der Waals surface area (Å²) in [6, 6.07) is 4.34. The van der Waals surface area contributed by atoms with Gasteiger partial charge in [-0.25, -0.2) is 0 Å². The molecule has 0 aromatic heterocycles. The van der Waals surface area contributed by atoms with Gasteiger partial charge in [0, 0.05) is 11.5 Å². The second kappa shape index (κ2) is 6.06. The molecule has 1 fully saturated rings. The molecule has 3 atom stereocenters. The highest BCUT2D eigenvalue weighted by atomic mass is 16.5. The van der Waals surface area contributed by atoms with Crippen LogP contribution in [0.3, 0.4) is 0 Å². The molecular formula is C18H25NO4. The van der Waals surface area contributed by atoms with Crippen LogP contribution in [0.4, 0.5) is 0 Å². The largest absolute Gasteiger partial charge is 0.493 e. The van der Waals surface area contributed by atoms with Gasteiger partial charge in [0.1, 0.15) is 0 Å². The van der Waals surface area contributed by atoms with Crippen LogP contribution in [0.15, 0.2) is 24.3 Å². The Morgan fingerprint density at radius 1 is 1.13 bits per heavy atom. The van der Waals surface area contributed by atoms with Gasteiger partial charge in [0.15, 0.2) is 11.5 Å². The van der Waals surface area contributed by atoms with E-state index in [0.29, 0.717) is 17.2 Å². The molecular weight excluding hydrogens is 294 g/mol. The van der Waals surface area contributed by atoms with E-state index in [9.17, 15) is 5.11 Å². The molecule has 2 aliphatic rings. The topological polar surface area (TPSA) is 51.2 Å². The van der Waals surface area contributed by atoms with Crippen molar-refractivity contribution >= 4 is 0 Å². The molecule has 1 N–H and O–H groups in total.